The van der Waals surface area contributed by atoms with Crippen LogP contribution in [0.3, 0.4) is 0 Å². The minimum absolute atomic E-state index is 0.0513. The monoisotopic (exact) mass is 765 g/mol. The highest BCUT2D eigenvalue weighted by Gasteiger charge is 2.57. The first-order valence-corrected chi connectivity index (χ1v) is 19.4. The van der Waals surface area contributed by atoms with Crippen LogP contribution >= 0.6 is 39.1 Å². The van der Waals surface area contributed by atoms with E-state index in [1.54, 1.807) is 29.3 Å². The summed E-state index contributed by atoms with van der Waals surface area (Å²) in [7, 11) is 0. The molecule has 4 atom stereocenters. The van der Waals surface area contributed by atoms with Gasteiger partial charge in [-0.15, -0.1) is 0 Å². The van der Waals surface area contributed by atoms with Crippen molar-refractivity contribution in [2.75, 3.05) is 4.90 Å². The smallest absolute Gasteiger partial charge is 0.143 e. The zero-order valence-corrected chi connectivity index (χ0v) is 32.3. The first-order valence-electron chi connectivity index (χ1n) is 17.9. The third kappa shape index (κ3) is 6.38. The second kappa shape index (κ2) is 14.3. The molecule has 4 aromatic carbocycles. The fourth-order valence-corrected chi connectivity index (χ4v) is 10.2. The lowest BCUT2D eigenvalue weighted by Gasteiger charge is -2.46. The second-order valence-electron chi connectivity index (χ2n) is 15.4. The van der Waals surface area contributed by atoms with Gasteiger partial charge >= 0.3 is 0 Å². The summed E-state index contributed by atoms with van der Waals surface area (Å²) >= 11 is 14.9. The van der Waals surface area contributed by atoms with Crippen LogP contribution in [0.1, 0.15) is 109 Å². The third-order valence-corrected chi connectivity index (χ3v) is 14.4. The van der Waals surface area contributed by atoms with Gasteiger partial charge in [0.2, 0.25) is 0 Å². The van der Waals surface area contributed by atoms with Crippen molar-refractivity contribution in [3.63, 3.8) is 0 Å². The summed E-state index contributed by atoms with van der Waals surface area (Å²) in [5, 5.41) is 0.361. The molecule has 4 unspecified atom stereocenters. The molecule has 2 fully saturated rings. The Morgan fingerprint density at radius 1 is 0.571 bits per heavy atom. The van der Waals surface area contributed by atoms with E-state index in [0.29, 0.717) is 15.3 Å². The van der Waals surface area contributed by atoms with E-state index in [1.165, 1.54) is 81.2 Å². The summed E-state index contributed by atoms with van der Waals surface area (Å²) < 4.78 is 27.2. The largest absolute Gasteiger partial charge is 0.333 e. The van der Waals surface area contributed by atoms with E-state index in [9.17, 15) is 8.78 Å². The first kappa shape index (κ1) is 36.4. The normalized spacial score (nSPS) is 28.3. The van der Waals surface area contributed by atoms with Gasteiger partial charge in [-0.05, 0) is 113 Å². The molecule has 0 N–H and O–H groups in total. The molecule has 0 spiro atoms. The highest BCUT2D eigenvalue weighted by Crippen LogP contribution is 2.61. The van der Waals surface area contributed by atoms with Gasteiger partial charge in [-0.3, -0.25) is 0 Å². The predicted molar refractivity (Wildman–Crippen MR) is 207 cm³/mol. The Kier molecular flexibility index (Phi) is 10.6. The zero-order chi connectivity index (χ0) is 35.0. The number of halogens is 5. The topological polar surface area (TPSA) is 3.24 Å². The summed E-state index contributed by atoms with van der Waals surface area (Å²) in [5.41, 5.74) is 7.53. The lowest BCUT2D eigenvalue weighted by atomic mass is 9.63. The molecular formula is C43H48BrCl2F2N. The Hall–Kier alpha value is -2.40. The minimum Gasteiger partial charge on any atom is -0.333 e. The predicted octanol–water partition coefficient (Wildman–Crippen LogP) is 14.3. The summed E-state index contributed by atoms with van der Waals surface area (Å²) in [4.78, 5) is 2.32. The number of benzene rings is 4. The van der Waals surface area contributed by atoms with Crippen molar-refractivity contribution in [3.05, 3.63) is 128 Å². The Labute approximate surface area is 310 Å². The van der Waals surface area contributed by atoms with Gasteiger partial charge in [-0.1, -0.05) is 137 Å². The molecule has 49 heavy (non-hydrogen) atoms. The van der Waals surface area contributed by atoms with E-state index in [1.807, 2.05) is 6.07 Å². The molecule has 0 amide bonds. The number of para-hydroxylation sites is 1. The molecule has 1 aliphatic heterocycles. The molecule has 1 heterocycles. The number of nitrogens with zero attached hydrogens (tertiary/aromatic N) is 1. The molecule has 4 aromatic rings. The Morgan fingerprint density at radius 2 is 1.12 bits per heavy atom. The minimum atomic E-state index is -0.397. The molecule has 260 valence electrons. The van der Waals surface area contributed by atoms with Gasteiger partial charge < -0.3 is 4.90 Å². The van der Waals surface area contributed by atoms with Gasteiger partial charge in [0.25, 0.3) is 0 Å². The van der Waals surface area contributed by atoms with Crippen LogP contribution in [0.25, 0.3) is 0 Å². The standard InChI is InChI=1S/C21H23ClFN.C16H22.C6H3BrClF/c1-20-13-6-3-7-14-21(20,2)24(17-11-5-4-9-15(17)20)18-12-8-10-16(23)19(18)22;1-15-10-6-3-7-11-16(15,2)14-9-5-4-8-13(14)12-15;7-4-2-1-3-5(9)6(4)8/h4-5,8-12H,3,6-7,13-14H2,1-2H3;4-5,8-9H,3,6-7,10-12H2,1-2H3;1-3H. The third-order valence-electron chi connectivity index (χ3n) is 12.8. The van der Waals surface area contributed by atoms with Crippen LogP contribution in [0, 0.1) is 17.0 Å². The van der Waals surface area contributed by atoms with E-state index in [0.717, 1.165) is 18.5 Å². The molecule has 0 saturated heterocycles. The van der Waals surface area contributed by atoms with Crippen LogP contribution < -0.4 is 4.90 Å². The van der Waals surface area contributed by atoms with Gasteiger partial charge in [0.15, 0.2) is 0 Å². The molecule has 4 aliphatic rings. The molecule has 0 aromatic heterocycles. The number of hydrogen-bond acceptors (Lipinski definition) is 1. The summed E-state index contributed by atoms with van der Waals surface area (Å²) in [6.07, 6.45) is 14.3. The summed E-state index contributed by atoms with van der Waals surface area (Å²) in [6, 6.07) is 27.5. The van der Waals surface area contributed by atoms with Gasteiger partial charge in [0, 0.05) is 15.6 Å². The van der Waals surface area contributed by atoms with Crippen molar-refractivity contribution >= 4 is 50.5 Å². The zero-order valence-electron chi connectivity index (χ0n) is 29.2. The van der Waals surface area contributed by atoms with Crippen LogP contribution in [0.2, 0.25) is 10.0 Å². The van der Waals surface area contributed by atoms with Crippen molar-refractivity contribution < 1.29 is 8.78 Å². The van der Waals surface area contributed by atoms with Crippen LogP contribution in [0.15, 0.2) is 89.4 Å². The number of rotatable bonds is 1. The van der Waals surface area contributed by atoms with Crippen molar-refractivity contribution in [2.24, 2.45) is 5.41 Å². The average molecular weight is 768 g/mol. The van der Waals surface area contributed by atoms with Crippen molar-refractivity contribution in [2.45, 2.75) is 115 Å². The van der Waals surface area contributed by atoms with E-state index >= 15 is 0 Å². The van der Waals surface area contributed by atoms with Gasteiger partial charge in [0.05, 0.1) is 21.3 Å². The number of anilines is 2. The van der Waals surface area contributed by atoms with Gasteiger partial charge in [-0.25, -0.2) is 8.78 Å². The maximum Gasteiger partial charge on any atom is 0.143 e. The molecule has 0 bridgehead atoms. The Balaban J connectivity index is 0.000000143. The first-order chi connectivity index (χ1) is 23.4. The van der Waals surface area contributed by atoms with Crippen molar-refractivity contribution in [3.8, 4) is 0 Å². The lowest BCUT2D eigenvalue weighted by Crippen LogP contribution is -2.52. The van der Waals surface area contributed by atoms with E-state index in [4.69, 9.17) is 23.2 Å². The lowest BCUT2D eigenvalue weighted by molar-refractivity contribution is 0.163. The second-order valence-corrected chi connectivity index (χ2v) is 17.0. The molecule has 3 aliphatic carbocycles. The number of fused-ring (bicyclic) bond motifs is 6. The van der Waals surface area contributed by atoms with Gasteiger partial charge in [-0.2, -0.15) is 0 Å². The fraction of sp³-hybridized carbons (Fsp3) is 0.442. The van der Waals surface area contributed by atoms with Crippen LogP contribution in [0.5, 0.6) is 0 Å². The average Bonchev–Trinajstić information content (AvgIpc) is 3.23. The van der Waals surface area contributed by atoms with Crippen LogP contribution in [0.4, 0.5) is 20.2 Å². The molecule has 6 heteroatoms. The highest BCUT2D eigenvalue weighted by molar-refractivity contribution is 9.10. The quantitative estimate of drug-likeness (QED) is 0.174. The highest BCUT2D eigenvalue weighted by atomic mass is 79.9. The maximum absolute atomic E-state index is 14.2. The maximum atomic E-state index is 14.2. The van der Waals surface area contributed by atoms with Gasteiger partial charge in [0.1, 0.15) is 11.6 Å². The molecule has 1 nitrogen and oxygen atoms in total. The van der Waals surface area contributed by atoms with E-state index in [-0.39, 0.29) is 26.8 Å². The Morgan fingerprint density at radius 3 is 1.82 bits per heavy atom. The van der Waals surface area contributed by atoms with Crippen molar-refractivity contribution in [1.82, 2.24) is 0 Å². The molecule has 8 rings (SSSR count). The Bertz CT molecular complexity index is 1790. The molecule has 0 radical (unpaired) electrons. The van der Waals surface area contributed by atoms with E-state index < -0.39 is 5.82 Å². The molecule has 2 saturated carbocycles. The summed E-state index contributed by atoms with van der Waals surface area (Å²) in [5.74, 6) is -0.747. The van der Waals surface area contributed by atoms with Crippen LogP contribution in [-0.4, -0.2) is 5.54 Å². The van der Waals surface area contributed by atoms with Crippen LogP contribution in [-0.2, 0) is 17.3 Å². The SMILES string of the molecule is CC12CCCCCC1(C)N(c1cccc(F)c1Cl)c1ccccc12.CC12CCCCCC1(C)c1ccccc1C2.Fc1cccc(Br)c1Cl. The number of hydrogen-bond donors (Lipinski definition) is 0. The molecular weight excluding hydrogens is 719 g/mol. The van der Waals surface area contributed by atoms with E-state index in [2.05, 4.69) is 97.1 Å². The fourth-order valence-electron chi connectivity index (χ4n) is 9.52. The summed E-state index contributed by atoms with van der Waals surface area (Å²) in [6.45, 7) is 9.76. The van der Waals surface area contributed by atoms with Crippen molar-refractivity contribution in [1.29, 1.82) is 0 Å².